The van der Waals surface area contributed by atoms with Gasteiger partial charge >= 0.3 is 0 Å². The fourth-order valence-corrected chi connectivity index (χ4v) is 16.1. The van der Waals surface area contributed by atoms with Crippen molar-refractivity contribution in [3.63, 3.8) is 0 Å². The lowest BCUT2D eigenvalue weighted by Crippen LogP contribution is -2.60. The summed E-state index contributed by atoms with van der Waals surface area (Å²) in [5.74, 6) is 0. The normalized spacial score (nSPS) is 13.8. The van der Waals surface area contributed by atoms with Gasteiger partial charge in [0.15, 0.2) is 0 Å². The van der Waals surface area contributed by atoms with E-state index in [4.69, 9.17) is 0 Å². The van der Waals surface area contributed by atoms with Crippen molar-refractivity contribution in [1.82, 2.24) is 0 Å². The van der Waals surface area contributed by atoms with Gasteiger partial charge in [-0.2, -0.15) is 0 Å². The van der Waals surface area contributed by atoms with Crippen molar-refractivity contribution in [2.75, 3.05) is 9.80 Å². The summed E-state index contributed by atoms with van der Waals surface area (Å²) in [6.07, 6.45) is 0. The van der Waals surface area contributed by atoms with Gasteiger partial charge in [0.2, 0.25) is 13.4 Å². The van der Waals surface area contributed by atoms with Crippen LogP contribution < -0.4 is 42.6 Å². The molecule has 0 aliphatic carbocycles. The average Bonchev–Trinajstić information content (AvgIpc) is 0.813. The lowest BCUT2D eigenvalue weighted by atomic mass is 9.31. The van der Waals surface area contributed by atoms with Gasteiger partial charge in [-0.3, -0.25) is 0 Å². The third-order valence-electron chi connectivity index (χ3n) is 19.4. The van der Waals surface area contributed by atoms with Crippen molar-refractivity contribution in [1.29, 1.82) is 0 Å². The molecule has 0 N–H and O–H groups in total. The first kappa shape index (κ1) is 49.2. The van der Waals surface area contributed by atoms with E-state index in [1.165, 1.54) is 188 Å². The van der Waals surface area contributed by atoms with Crippen LogP contribution in [0.4, 0.5) is 34.1 Å². The Bertz CT molecular complexity index is 4430. The molecule has 4 heterocycles. The van der Waals surface area contributed by atoms with Crippen molar-refractivity contribution in [3.8, 4) is 44.5 Å². The number of rotatable bonds is 4. The Morgan fingerprint density at radius 3 is 1.02 bits per heavy atom. The minimum absolute atomic E-state index is 0.0186. The second kappa shape index (κ2) is 17.0. The average molecular weight is 1050 g/mol. The lowest BCUT2D eigenvalue weighted by molar-refractivity contribution is 0.590. The summed E-state index contributed by atoms with van der Waals surface area (Å²) in [5, 5.41) is 8.26. The molecule has 0 aromatic heterocycles. The Hall–Kier alpha value is -8.59. The Kier molecular flexibility index (Phi) is 10.2. The largest absolute Gasteiger partial charge is 0.311 e. The number of anilines is 6. The van der Waals surface area contributed by atoms with Crippen LogP contribution in [0.3, 0.4) is 0 Å². The Labute approximate surface area is 484 Å². The highest BCUT2D eigenvalue weighted by Crippen LogP contribution is 2.54. The second-order valence-corrected chi connectivity index (χ2v) is 26.8. The minimum Gasteiger partial charge on any atom is -0.311 e. The van der Waals surface area contributed by atoms with Crippen LogP contribution in [-0.2, 0) is 10.8 Å². The molecule has 0 unspecified atom stereocenters. The Balaban J connectivity index is 1.16. The Morgan fingerprint density at radius 1 is 0.305 bits per heavy atom. The lowest BCUT2D eigenvalue weighted by Gasteiger charge is -2.43. The maximum atomic E-state index is 2.72. The van der Waals surface area contributed by atoms with Crippen molar-refractivity contribution in [2.45, 2.75) is 93.9 Å². The van der Waals surface area contributed by atoms with Gasteiger partial charge in [-0.1, -0.05) is 185 Å². The van der Waals surface area contributed by atoms with E-state index in [9.17, 15) is 0 Å². The highest BCUT2D eigenvalue weighted by molar-refractivity contribution is 7.02. The molecule has 0 atom stereocenters. The molecule has 4 heteroatoms. The van der Waals surface area contributed by atoms with Gasteiger partial charge in [0.05, 0.1) is 0 Å². The summed E-state index contributed by atoms with van der Waals surface area (Å²) in [5.41, 5.74) is 36.6. The number of nitrogens with zero attached hydrogens (tertiary/aromatic N) is 2. The van der Waals surface area contributed by atoms with E-state index in [0.717, 1.165) is 0 Å². The van der Waals surface area contributed by atoms with E-state index < -0.39 is 0 Å². The van der Waals surface area contributed by atoms with Crippen LogP contribution in [0.25, 0.3) is 76.8 Å². The molecular formula is C78H66B2N2. The molecule has 4 aliphatic heterocycles. The van der Waals surface area contributed by atoms with Gasteiger partial charge in [-0.25, -0.2) is 0 Å². The number of para-hydroxylation sites is 4. The SMILES string of the molecule is Cc1cc(C)c(-c2cc3c4c(cc5c(-c6c(C)cc(C)cc6C)cc6c7c(cc2c4c57)B2c4ccccc4N(c4ccccc4)c4cc(C(C)(C)C)cc-6c42)B2c4ccccc4N(c4ccccc4)c4cc(C(C)(C)C)cc-3c42)c(C)c1. The molecule has 0 saturated heterocycles. The third-order valence-corrected chi connectivity index (χ3v) is 19.4. The topological polar surface area (TPSA) is 6.48 Å². The third kappa shape index (κ3) is 6.73. The van der Waals surface area contributed by atoms with Gasteiger partial charge in [0.1, 0.15) is 0 Å². The molecular weight excluding hydrogens is 986 g/mol. The second-order valence-electron chi connectivity index (χ2n) is 26.8. The predicted molar refractivity (Wildman–Crippen MR) is 356 cm³/mol. The fourth-order valence-electron chi connectivity index (χ4n) is 16.1. The zero-order valence-electron chi connectivity index (χ0n) is 49.4. The first-order chi connectivity index (χ1) is 39.4. The van der Waals surface area contributed by atoms with E-state index in [0.29, 0.717) is 0 Å². The van der Waals surface area contributed by atoms with Crippen LogP contribution in [0.5, 0.6) is 0 Å². The van der Waals surface area contributed by atoms with E-state index >= 15 is 0 Å². The number of benzene rings is 12. The highest BCUT2D eigenvalue weighted by atomic mass is 15.2. The van der Waals surface area contributed by atoms with Crippen LogP contribution in [0.15, 0.2) is 182 Å². The van der Waals surface area contributed by atoms with Crippen LogP contribution >= 0.6 is 0 Å². The van der Waals surface area contributed by atoms with Crippen molar-refractivity contribution in [3.05, 3.63) is 226 Å². The predicted octanol–water partition coefficient (Wildman–Crippen LogP) is 16.9. The molecule has 0 spiro atoms. The zero-order valence-corrected chi connectivity index (χ0v) is 49.4. The fraction of sp³-hybridized carbons (Fsp3) is 0.179. The summed E-state index contributed by atoms with van der Waals surface area (Å²) < 4.78 is 0. The molecule has 0 amide bonds. The summed E-state index contributed by atoms with van der Waals surface area (Å²) >= 11 is 0. The first-order valence-electron chi connectivity index (χ1n) is 29.7. The standard InChI is InChI=1S/C78H66B2N2/c1-43-31-45(3)69(46(4)32-43)53-39-55-59-35-49(77(7,8)9)37-67-75(59)80(62-28-20-22-30-66(62)81(67)51-23-15-13-16-24-51)64-42-58-54(70-47(5)33-44(2)34-48(70)6)40-56-60-36-50(78(10,11)12)38-68-76(60)79(63-41-57(53)73(71(55)64)74(58)72(56)63)61-27-19-21-29-65(61)82(68)52-25-17-14-18-26-52/h13-42H,1-12H3. The smallest absolute Gasteiger partial charge is 0.248 e. The summed E-state index contributed by atoms with van der Waals surface area (Å²) in [4.78, 5) is 5.15. The molecule has 12 aromatic carbocycles. The number of aryl methyl sites for hydroxylation is 6. The first-order valence-corrected chi connectivity index (χ1v) is 29.7. The highest BCUT2D eigenvalue weighted by Gasteiger charge is 2.46. The van der Waals surface area contributed by atoms with Crippen molar-refractivity contribution in [2.24, 2.45) is 0 Å². The Morgan fingerprint density at radius 2 is 0.659 bits per heavy atom. The van der Waals surface area contributed by atoms with Crippen LogP contribution in [-0.4, -0.2) is 13.4 Å². The molecule has 394 valence electrons. The zero-order chi connectivity index (χ0) is 56.2. The van der Waals surface area contributed by atoms with Crippen molar-refractivity contribution >= 4 is 113 Å². The molecule has 2 nitrogen and oxygen atoms in total. The van der Waals surface area contributed by atoms with Gasteiger partial charge < -0.3 is 9.80 Å². The maximum Gasteiger partial charge on any atom is 0.248 e. The molecule has 16 rings (SSSR count). The maximum absolute atomic E-state index is 2.72. The van der Waals surface area contributed by atoms with Crippen molar-refractivity contribution < 1.29 is 0 Å². The molecule has 0 radical (unpaired) electrons. The van der Waals surface area contributed by atoms with Gasteiger partial charge in [0, 0.05) is 34.1 Å². The molecule has 0 fully saturated rings. The monoisotopic (exact) mass is 1050 g/mol. The van der Waals surface area contributed by atoms with Crippen LogP contribution in [0.1, 0.15) is 86.1 Å². The van der Waals surface area contributed by atoms with Gasteiger partial charge in [-0.15, -0.1) is 0 Å². The molecule has 82 heavy (non-hydrogen) atoms. The molecule has 4 aliphatic rings. The number of hydrogen-bond donors (Lipinski definition) is 0. The summed E-state index contributed by atoms with van der Waals surface area (Å²) in [6, 6.07) is 71.6. The van der Waals surface area contributed by atoms with E-state index in [-0.39, 0.29) is 24.3 Å². The van der Waals surface area contributed by atoms with E-state index in [1.807, 2.05) is 0 Å². The van der Waals surface area contributed by atoms with Crippen LogP contribution in [0, 0.1) is 41.5 Å². The quantitative estimate of drug-likeness (QED) is 0.128. The summed E-state index contributed by atoms with van der Waals surface area (Å²) in [6.45, 7) is 28.2. The minimum atomic E-state index is -0.124. The van der Waals surface area contributed by atoms with E-state index in [2.05, 4.69) is 275 Å². The van der Waals surface area contributed by atoms with E-state index in [1.54, 1.807) is 0 Å². The summed E-state index contributed by atoms with van der Waals surface area (Å²) in [7, 11) is 0. The number of fused-ring (bicyclic) bond motifs is 8. The van der Waals surface area contributed by atoms with Gasteiger partial charge in [-0.05, 0) is 245 Å². The number of hydrogen-bond acceptors (Lipinski definition) is 2. The molecule has 0 bridgehead atoms. The molecule has 0 saturated carbocycles. The van der Waals surface area contributed by atoms with Crippen LogP contribution in [0.2, 0.25) is 0 Å². The molecule has 12 aromatic rings. The van der Waals surface area contributed by atoms with Gasteiger partial charge in [0.25, 0.3) is 0 Å².